The van der Waals surface area contributed by atoms with Gasteiger partial charge >= 0.3 is 0 Å². The van der Waals surface area contributed by atoms with Gasteiger partial charge < -0.3 is 10.2 Å². The van der Waals surface area contributed by atoms with Gasteiger partial charge in [0, 0.05) is 29.7 Å². The van der Waals surface area contributed by atoms with Gasteiger partial charge in [-0.2, -0.15) is 0 Å². The highest BCUT2D eigenvalue weighted by Crippen LogP contribution is 2.27. The third-order valence-corrected chi connectivity index (χ3v) is 5.86. The summed E-state index contributed by atoms with van der Waals surface area (Å²) >= 11 is 12.0. The first-order chi connectivity index (χ1) is 14.1. The summed E-state index contributed by atoms with van der Waals surface area (Å²) in [6.45, 7) is 1.02. The molecule has 154 valence electrons. The molecule has 1 aliphatic carbocycles. The number of hydrogen-bond donors (Lipinski definition) is 1. The van der Waals surface area contributed by atoms with Gasteiger partial charge in [0.05, 0.1) is 10.6 Å². The van der Waals surface area contributed by atoms with Crippen LogP contribution >= 0.6 is 23.2 Å². The molecular formula is C23H26Cl2N2O2. The average molecular weight is 433 g/mol. The van der Waals surface area contributed by atoms with Crippen molar-refractivity contribution >= 4 is 40.7 Å². The second-order valence-electron chi connectivity index (χ2n) is 7.39. The van der Waals surface area contributed by atoms with Crippen molar-refractivity contribution in [2.24, 2.45) is 5.92 Å². The molecule has 1 N–H and O–H groups in total. The van der Waals surface area contributed by atoms with E-state index < -0.39 is 0 Å². The topological polar surface area (TPSA) is 49.4 Å². The first-order valence-corrected chi connectivity index (χ1v) is 10.9. The van der Waals surface area contributed by atoms with Crippen molar-refractivity contribution in [1.29, 1.82) is 0 Å². The van der Waals surface area contributed by atoms with Gasteiger partial charge in [-0.3, -0.25) is 9.59 Å². The van der Waals surface area contributed by atoms with Crippen molar-refractivity contribution in [2.45, 2.75) is 38.5 Å². The molecule has 6 heteroatoms. The minimum absolute atomic E-state index is 0.103. The fourth-order valence-corrected chi connectivity index (χ4v) is 4.25. The van der Waals surface area contributed by atoms with E-state index in [1.165, 1.54) is 6.42 Å². The highest BCUT2D eigenvalue weighted by atomic mass is 35.5. The molecule has 0 saturated heterocycles. The number of nitrogens with zero attached hydrogens (tertiary/aromatic N) is 1. The zero-order valence-corrected chi connectivity index (χ0v) is 17.9. The monoisotopic (exact) mass is 432 g/mol. The molecule has 29 heavy (non-hydrogen) atoms. The van der Waals surface area contributed by atoms with E-state index in [1.807, 2.05) is 35.2 Å². The molecule has 0 heterocycles. The van der Waals surface area contributed by atoms with Gasteiger partial charge in [-0.1, -0.05) is 60.7 Å². The number of halogens is 2. The van der Waals surface area contributed by atoms with Crippen LogP contribution in [-0.2, 0) is 4.79 Å². The van der Waals surface area contributed by atoms with Crippen LogP contribution < -0.4 is 10.2 Å². The summed E-state index contributed by atoms with van der Waals surface area (Å²) in [6.07, 6.45) is 6.05. The number of nitrogens with one attached hydrogen (secondary N) is 1. The number of carbonyl (C=O) groups excluding carboxylic acids is 2. The van der Waals surface area contributed by atoms with Gasteiger partial charge in [0.2, 0.25) is 5.91 Å². The minimum Gasteiger partial charge on any atom is -0.352 e. The zero-order chi connectivity index (χ0) is 20.6. The third kappa shape index (κ3) is 5.97. The maximum Gasteiger partial charge on any atom is 0.252 e. The van der Waals surface area contributed by atoms with Crippen LogP contribution in [-0.4, -0.2) is 24.9 Å². The van der Waals surface area contributed by atoms with Gasteiger partial charge in [0.15, 0.2) is 0 Å². The molecule has 0 radical (unpaired) electrons. The summed E-state index contributed by atoms with van der Waals surface area (Å²) in [7, 11) is 0. The molecule has 2 aromatic carbocycles. The summed E-state index contributed by atoms with van der Waals surface area (Å²) in [6, 6.07) is 14.6. The third-order valence-electron chi connectivity index (χ3n) is 5.31. The Bertz CT molecular complexity index is 836. The van der Waals surface area contributed by atoms with E-state index in [0.717, 1.165) is 31.4 Å². The summed E-state index contributed by atoms with van der Waals surface area (Å²) in [5.74, 6) is 0.0610. The maximum absolute atomic E-state index is 13.1. The SMILES string of the molecule is O=C(NCCCN(C(=O)C1CCCCC1)c1ccccc1)c1ccc(Cl)cc1Cl. The van der Waals surface area contributed by atoms with E-state index >= 15 is 0 Å². The lowest BCUT2D eigenvalue weighted by molar-refractivity contribution is -0.123. The Morgan fingerprint density at radius 1 is 1.00 bits per heavy atom. The number of hydrogen-bond acceptors (Lipinski definition) is 2. The summed E-state index contributed by atoms with van der Waals surface area (Å²) < 4.78 is 0. The van der Waals surface area contributed by atoms with E-state index in [4.69, 9.17) is 23.2 Å². The van der Waals surface area contributed by atoms with Crippen LogP contribution in [0.2, 0.25) is 10.0 Å². The molecule has 4 nitrogen and oxygen atoms in total. The Labute approximate surface area is 182 Å². The lowest BCUT2D eigenvalue weighted by Gasteiger charge is -2.29. The van der Waals surface area contributed by atoms with E-state index in [2.05, 4.69) is 5.32 Å². The minimum atomic E-state index is -0.239. The van der Waals surface area contributed by atoms with E-state index in [9.17, 15) is 9.59 Å². The van der Waals surface area contributed by atoms with Crippen LogP contribution in [0.5, 0.6) is 0 Å². The normalized spacial score (nSPS) is 14.4. The molecule has 1 saturated carbocycles. The zero-order valence-electron chi connectivity index (χ0n) is 16.4. The number of carbonyl (C=O) groups is 2. The van der Waals surface area contributed by atoms with Crippen molar-refractivity contribution in [1.82, 2.24) is 5.32 Å². The van der Waals surface area contributed by atoms with E-state index in [-0.39, 0.29) is 17.7 Å². The maximum atomic E-state index is 13.1. The molecule has 0 unspecified atom stereocenters. The highest BCUT2D eigenvalue weighted by molar-refractivity contribution is 6.36. The molecular weight excluding hydrogens is 407 g/mol. The Kier molecular flexibility index (Phi) is 7.96. The van der Waals surface area contributed by atoms with Gasteiger partial charge in [0.25, 0.3) is 5.91 Å². The number of anilines is 1. The highest BCUT2D eigenvalue weighted by Gasteiger charge is 2.26. The Balaban J connectivity index is 1.58. The van der Waals surface area contributed by atoms with Crippen molar-refractivity contribution in [2.75, 3.05) is 18.0 Å². The molecule has 1 fully saturated rings. The standard InChI is InChI=1S/C23H26Cl2N2O2/c24-18-12-13-20(21(25)16-18)22(28)26-14-7-15-27(19-10-5-2-6-11-19)23(29)17-8-3-1-4-9-17/h2,5-6,10-13,16-17H,1,3-4,7-9,14-15H2,(H,26,28). The van der Waals surface area contributed by atoms with Crippen molar-refractivity contribution in [3.63, 3.8) is 0 Å². The predicted molar refractivity (Wildman–Crippen MR) is 119 cm³/mol. The lowest BCUT2D eigenvalue weighted by Crippen LogP contribution is -2.39. The largest absolute Gasteiger partial charge is 0.352 e. The van der Waals surface area contributed by atoms with E-state index in [1.54, 1.807) is 18.2 Å². The van der Waals surface area contributed by atoms with Crippen LogP contribution in [0.25, 0.3) is 0 Å². The van der Waals surface area contributed by atoms with Crippen molar-refractivity contribution < 1.29 is 9.59 Å². The second-order valence-corrected chi connectivity index (χ2v) is 8.24. The van der Waals surface area contributed by atoms with Crippen molar-refractivity contribution in [3.8, 4) is 0 Å². The number of para-hydroxylation sites is 1. The van der Waals surface area contributed by atoms with E-state index in [0.29, 0.717) is 35.1 Å². The Morgan fingerprint density at radius 2 is 1.72 bits per heavy atom. The molecule has 2 amide bonds. The number of rotatable bonds is 7. The molecule has 3 rings (SSSR count). The first kappa shape index (κ1) is 21.7. The van der Waals surface area contributed by atoms with Crippen LogP contribution in [0, 0.1) is 5.92 Å². The van der Waals surface area contributed by atoms with Crippen molar-refractivity contribution in [3.05, 3.63) is 64.1 Å². The molecule has 0 atom stereocenters. The summed E-state index contributed by atoms with van der Waals surface area (Å²) in [4.78, 5) is 27.4. The van der Waals surface area contributed by atoms with Crippen LogP contribution in [0.4, 0.5) is 5.69 Å². The van der Waals surface area contributed by atoms with Gasteiger partial charge in [-0.05, 0) is 49.6 Å². The lowest BCUT2D eigenvalue weighted by atomic mass is 9.88. The second kappa shape index (κ2) is 10.7. The van der Waals surface area contributed by atoms with Gasteiger partial charge in [-0.25, -0.2) is 0 Å². The Morgan fingerprint density at radius 3 is 2.41 bits per heavy atom. The first-order valence-electron chi connectivity index (χ1n) is 10.2. The molecule has 0 spiro atoms. The average Bonchev–Trinajstić information content (AvgIpc) is 2.74. The molecule has 2 aromatic rings. The predicted octanol–water partition coefficient (Wildman–Crippen LogP) is 5.73. The summed E-state index contributed by atoms with van der Waals surface area (Å²) in [5, 5.41) is 3.70. The molecule has 0 aromatic heterocycles. The van der Waals surface area contributed by atoms with Gasteiger partial charge in [-0.15, -0.1) is 0 Å². The molecule has 1 aliphatic rings. The van der Waals surface area contributed by atoms with Crippen LogP contribution in [0.3, 0.4) is 0 Å². The fourth-order valence-electron chi connectivity index (χ4n) is 3.75. The van der Waals surface area contributed by atoms with Gasteiger partial charge in [0.1, 0.15) is 0 Å². The number of benzene rings is 2. The summed E-state index contributed by atoms with van der Waals surface area (Å²) in [5.41, 5.74) is 1.31. The molecule has 0 aliphatic heterocycles. The molecule has 0 bridgehead atoms. The van der Waals surface area contributed by atoms with Crippen LogP contribution in [0.15, 0.2) is 48.5 Å². The number of amides is 2. The smallest absolute Gasteiger partial charge is 0.252 e. The fraction of sp³-hybridized carbons (Fsp3) is 0.391. The quantitative estimate of drug-likeness (QED) is 0.568. The Hall–Kier alpha value is -2.04. The van der Waals surface area contributed by atoms with Crippen LogP contribution in [0.1, 0.15) is 48.9 Å².